The molecule has 0 saturated heterocycles. The lowest BCUT2D eigenvalue weighted by molar-refractivity contribution is 0.530. The normalized spacial score (nSPS) is 12.9. The maximum atomic E-state index is 3.63. The Morgan fingerprint density at radius 2 is 1.88 bits per heavy atom. The molecule has 1 atom stereocenters. The highest BCUT2D eigenvalue weighted by Crippen LogP contribution is 2.23. The number of thiophene rings is 1. The van der Waals surface area contributed by atoms with E-state index in [1.165, 1.54) is 49.0 Å². The Morgan fingerprint density at radius 1 is 1.18 bits per heavy atom. The molecule has 98 valence electrons. The van der Waals surface area contributed by atoms with Crippen LogP contribution in [0.15, 0.2) is 11.4 Å². The van der Waals surface area contributed by atoms with Gasteiger partial charge < -0.3 is 5.32 Å². The summed E-state index contributed by atoms with van der Waals surface area (Å²) in [6.07, 6.45) is 8.25. The summed E-state index contributed by atoms with van der Waals surface area (Å²) in [6.45, 7) is 7.90. The zero-order valence-electron chi connectivity index (χ0n) is 11.6. The Labute approximate surface area is 111 Å². The van der Waals surface area contributed by atoms with Crippen LogP contribution in [0, 0.1) is 6.92 Å². The molecule has 0 bridgehead atoms. The smallest absolute Gasteiger partial charge is 0.0388 e. The molecule has 0 spiro atoms. The predicted octanol–water partition coefficient (Wildman–Crippen LogP) is 5.07. The summed E-state index contributed by atoms with van der Waals surface area (Å²) in [7, 11) is 0. The Balaban J connectivity index is 2.05. The molecule has 0 aliphatic rings. The molecule has 1 aromatic rings. The molecule has 0 amide bonds. The maximum Gasteiger partial charge on any atom is 0.0388 e. The summed E-state index contributed by atoms with van der Waals surface area (Å²) < 4.78 is 0. The van der Waals surface area contributed by atoms with Crippen molar-refractivity contribution >= 4 is 11.3 Å². The molecule has 1 rings (SSSR count). The number of rotatable bonds is 9. The van der Waals surface area contributed by atoms with E-state index in [4.69, 9.17) is 0 Å². The summed E-state index contributed by atoms with van der Waals surface area (Å²) in [5, 5.41) is 5.82. The molecular weight excluding hydrogens is 226 g/mol. The first kappa shape index (κ1) is 14.7. The van der Waals surface area contributed by atoms with Crippen molar-refractivity contribution in [2.75, 3.05) is 6.54 Å². The summed E-state index contributed by atoms with van der Waals surface area (Å²) in [5.74, 6) is 0. The van der Waals surface area contributed by atoms with Gasteiger partial charge in [0.25, 0.3) is 0 Å². The summed E-state index contributed by atoms with van der Waals surface area (Å²) in [5.41, 5.74) is 1.43. The van der Waals surface area contributed by atoms with Crippen LogP contribution in [0.1, 0.15) is 68.9 Å². The third kappa shape index (κ3) is 5.69. The van der Waals surface area contributed by atoms with Gasteiger partial charge in [-0.2, -0.15) is 0 Å². The van der Waals surface area contributed by atoms with Crippen LogP contribution in [0.4, 0.5) is 0 Å². The van der Waals surface area contributed by atoms with Crippen molar-refractivity contribution in [2.24, 2.45) is 0 Å². The Hall–Kier alpha value is -0.340. The van der Waals surface area contributed by atoms with Crippen molar-refractivity contribution < 1.29 is 0 Å². The summed E-state index contributed by atoms with van der Waals surface area (Å²) >= 11 is 1.87. The highest BCUT2D eigenvalue weighted by atomic mass is 32.1. The average molecular weight is 253 g/mol. The van der Waals surface area contributed by atoms with Crippen LogP contribution >= 0.6 is 11.3 Å². The third-order valence-corrected chi connectivity index (χ3v) is 4.48. The zero-order valence-corrected chi connectivity index (χ0v) is 12.4. The highest BCUT2D eigenvalue weighted by Gasteiger charge is 2.08. The minimum atomic E-state index is 0.519. The molecule has 1 N–H and O–H groups in total. The Kier molecular flexibility index (Phi) is 7.54. The van der Waals surface area contributed by atoms with Crippen LogP contribution < -0.4 is 5.32 Å². The van der Waals surface area contributed by atoms with Gasteiger partial charge in [0.1, 0.15) is 0 Å². The lowest BCUT2D eigenvalue weighted by Crippen LogP contribution is -2.19. The van der Waals surface area contributed by atoms with Crippen molar-refractivity contribution in [3.05, 3.63) is 21.9 Å². The van der Waals surface area contributed by atoms with Gasteiger partial charge in [-0.15, -0.1) is 11.3 Å². The fraction of sp³-hybridized carbons (Fsp3) is 0.733. The number of aryl methyl sites for hydroxylation is 1. The van der Waals surface area contributed by atoms with E-state index < -0.39 is 0 Å². The SMILES string of the molecule is CCCCCCCCNC(C)c1sccc1C. The van der Waals surface area contributed by atoms with E-state index in [0.29, 0.717) is 6.04 Å². The fourth-order valence-corrected chi connectivity index (χ4v) is 3.10. The molecule has 0 saturated carbocycles. The third-order valence-electron chi connectivity index (χ3n) is 3.28. The lowest BCUT2D eigenvalue weighted by Gasteiger charge is -2.13. The number of unbranched alkanes of at least 4 members (excludes halogenated alkanes) is 5. The van der Waals surface area contributed by atoms with E-state index in [1.807, 2.05) is 11.3 Å². The second kappa shape index (κ2) is 8.71. The molecule has 1 heterocycles. The summed E-state index contributed by atoms with van der Waals surface area (Å²) in [6, 6.07) is 2.73. The molecule has 2 heteroatoms. The Bertz CT molecular complexity index is 293. The second-order valence-corrected chi connectivity index (χ2v) is 5.86. The van der Waals surface area contributed by atoms with Crippen LogP contribution in [-0.4, -0.2) is 6.54 Å². The second-order valence-electron chi connectivity index (χ2n) is 4.91. The molecule has 1 nitrogen and oxygen atoms in total. The van der Waals surface area contributed by atoms with Gasteiger partial charge in [-0.25, -0.2) is 0 Å². The average Bonchev–Trinajstić information content (AvgIpc) is 2.74. The van der Waals surface area contributed by atoms with E-state index in [0.717, 1.165) is 6.54 Å². The molecule has 0 aromatic carbocycles. The van der Waals surface area contributed by atoms with E-state index in [9.17, 15) is 0 Å². The van der Waals surface area contributed by atoms with Crippen LogP contribution in [0.25, 0.3) is 0 Å². The first-order valence-electron chi connectivity index (χ1n) is 7.03. The molecule has 1 aromatic heterocycles. The van der Waals surface area contributed by atoms with Crippen molar-refractivity contribution in [2.45, 2.75) is 65.3 Å². The molecule has 0 aliphatic carbocycles. The van der Waals surface area contributed by atoms with Crippen LogP contribution in [0.2, 0.25) is 0 Å². The molecular formula is C15H27NS. The topological polar surface area (TPSA) is 12.0 Å². The van der Waals surface area contributed by atoms with Gasteiger partial charge in [-0.05, 0) is 43.8 Å². The lowest BCUT2D eigenvalue weighted by atomic mass is 10.1. The fourth-order valence-electron chi connectivity index (χ4n) is 2.14. The van der Waals surface area contributed by atoms with Crippen molar-refractivity contribution in [3.8, 4) is 0 Å². The maximum absolute atomic E-state index is 3.63. The minimum absolute atomic E-state index is 0.519. The first-order chi connectivity index (χ1) is 8.25. The zero-order chi connectivity index (χ0) is 12.5. The quantitative estimate of drug-likeness (QED) is 0.606. The van der Waals surface area contributed by atoms with E-state index in [2.05, 4.69) is 37.5 Å². The molecule has 17 heavy (non-hydrogen) atoms. The molecule has 1 unspecified atom stereocenters. The minimum Gasteiger partial charge on any atom is -0.309 e. The van der Waals surface area contributed by atoms with Gasteiger partial charge in [0.2, 0.25) is 0 Å². The van der Waals surface area contributed by atoms with Crippen LogP contribution in [-0.2, 0) is 0 Å². The van der Waals surface area contributed by atoms with E-state index in [-0.39, 0.29) is 0 Å². The van der Waals surface area contributed by atoms with Crippen LogP contribution in [0.3, 0.4) is 0 Å². The molecule has 0 aliphatic heterocycles. The van der Waals surface area contributed by atoms with E-state index >= 15 is 0 Å². The standard InChI is InChI=1S/C15H27NS/c1-4-5-6-7-8-9-11-16-14(3)15-13(2)10-12-17-15/h10,12,14,16H,4-9,11H2,1-3H3. The number of hydrogen-bond donors (Lipinski definition) is 1. The van der Waals surface area contributed by atoms with Gasteiger partial charge in [0, 0.05) is 10.9 Å². The highest BCUT2D eigenvalue weighted by molar-refractivity contribution is 7.10. The molecule has 0 radical (unpaired) electrons. The van der Waals surface area contributed by atoms with Gasteiger partial charge in [-0.3, -0.25) is 0 Å². The van der Waals surface area contributed by atoms with E-state index in [1.54, 1.807) is 0 Å². The largest absolute Gasteiger partial charge is 0.309 e. The van der Waals surface area contributed by atoms with Gasteiger partial charge in [0.15, 0.2) is 0 Å². The number of nitrogens with one attached hydrogen (secondary N) is 1. The van der Waals surface area contributed by atoms with Gasteiger partial charge in [0.05, 0.1) is 0 Å². The van der Waals surface area contributed by atoms with Crippen molar-refractivity contribution in [1.82, 2.24) is 5.32 Å². The van der Waals surface area contributed by atoms with Crippen molar-refractivity contribution in [1.29, 1.82) is 0 Å². The summed E-state index contributed by atoms with van der Waals surface area (Å²) in [4.78, 5) is 1.50. The monoisotopic (exact) mass is 253 g/mol. The first-order valence-corrected chi connectivity index (χ1v) is 7.91. The van der Waals surface area contributed by atoms with Crippen LogP contribution in [0.5, 0.6) is 0 Å². The van der Waals surface area contributed by atoms with Gasteiger partial charge in [-0.1, -0.05) is 39.0 Å². The predicted molar refractivity (Wildman–Crippen MR) is 78.8 cm³/mol. The Morgan fingerprint density at radius 3 is 2.53 bits per heavy atom. The number of hydrogen-bond acceptors (Lipinski definition) is 2. The van der Waals surface area contributed by atoms with Crippen molar-refractivity contribution in [3.63, 3.8) is 0 Å². The molecule has 0 fully saturated rings. The van der Waals surface area contributed by atoms with Gasteiger partial charge >= 0.3 is 0 Å².